The molecule has 0 saturated carbocycles. The SMILES string of the molecule is c1ccc(-c2ccc3sc4c(-c5cccc(-c6cccc(-c7ncnc8c7oc7ccccc78)c6)c5)cc(-c5ccccc5)cc4c3c2)cc1. The molecule has 0 radical (unpaired) electrons. The van der Waals surface area contributed by atoms with Crippen molar-refractivity contribution in [2.75, 3.05) is 0 Å². The highest BCUT2D eigenvalue weighted by atomic mass is 32.1. The zero-order chi connectivity index (χ0) is 33.0. The molecular weight excluding hydrogens is 629 g/mol. The summed E-state index contributed by atoms with van der Waals surface area (Å²) in [5.41, 5.74) is 13.7. The van der Waals surface area contributed by atoms with E-state index < -0.39 is 0 Å². The first-order valence-corrected chi connectivity index (χ1v) is 17.5. The van der Waals surface area contributed by atoms with Gasteiger partial charge in [-0.05, 0) is 87.5 Å². The summed E-state index contributed by atoms with van der Waals surface area (Å²) in [4.78, 5) is 9.25. The van der Waals surface area contributed by atoms with Crippen LogP contribution < -0.4 is 0 Å². The summed E-state index contributed by atoms with van der Waals surface area (Å²) < 4.78 is 8.87. The largest absolute Gasteiger partial charge is 0.452 e. The number of hydrogen-bond acceptors (Lipinski definition) is 4. The molecule has 0 aliphatic carbocycles. The molecule has 4 heteroatoms. The summed E-state index contributed by atoms with van der Waals surface area (Å²) >= 11 is 1.87. The van der Waals surface area contributed by atoms with Gasteiger partial charge in [-0.3, -0.25) is 0 Å². The fourth-order valence-corrected chi connectivity index (χ4v) is 8.34. The molecule has 0 atom stereocenters. The number of aromatic nitrogens is 2. The predicted octanol–water partition coefficient (Wildman–Crippen LogP) is 13.1. The molecule has 0 aliphatic heterocycles. The summed E-state index contributed by atoms with van der Waals surface area (Å²) in [5.74, 6) is 0. The summed E-state index contributed by atoms with van der Waals surface area (Å²) in [7, 11) is 0. The number of fused-ring (bicyclic) bond motifs is 6. The minimum atomic E-state index is 0.708. The Morgan fingerprint density at radius 1 is 0.420 bits per heavy atom. The van der Waals surface area contributed by atoms with Gasteiger partial charge in [0.25, 0.3) is 0 Å². The van der Waals surface area contributed by atoms with E-state index in [1.807, 2.05) is 35.6 Å². The van der Waals surface area contributed by atoms with Crippen LogP contribution in [0.1, 0.15) is 0 Å². The average Bonchev–Trinajstić information content (AvgIpc) is 3.76. The highest BCUT2D eigenvalue weighted by molar-refractivity contribution is 7.26. The molecule has 0 spiro atoms. The number of furan rings is 1. The van der Waals surface area contributed by atoms with Crippen molar-refractivity contribution in [2.24, 2.45) is 0 Å². The van der Waals surface area contributed by atoms with Gasteiger partial charge in [0.1, 0.15) is 23.1 Å². The van der Waals surface area contributed by atoms with E-state index in [0.29, 0.717) is 5.58 Å². The number of hydrogen-bond donors (Lipinski definition) is 0. The Morgan fingerprint density at radius 2 is 1.04 bits per heavy atom. The first-order chi connectivity index (χ1) is 24.8. The number of rotatable bonds is 5. The van der Waals surface area contributed by atoms with Crippen LogP contribution in [-0.4, -0.2) is 9.97 Å². The van der Waals surface area contributed by atoms with Gasteiger partial charge in [0.05, 0.1) is 0 Å². The van der Waals surface area contributed by atoms with Crippen LogP contribution in [-0.2, 0) is 0 Å². The smallest absolute Gasteiger partial charge is 0.180 e. The third-order valence-electron chi connectivity index (χ3n) is 9.59. The highest BCUT2D eigenvalue weighted by Gasteiger charge is 2.17. The molecule has 0 fully saturated rings. The van der Waals surface area contributed by atoms with Crippen LogP contribution in [0.4, 0.5) is 0 Å². The lowest BCUT2D eigenvalue weighted by atomic mass is 9.93. The lowest BCUT2D eigenvalue weighted by molar-refractivity contribution is 0.667. The molecule has 3 aromatic heterocycles. The quantitative estimate of drug-likeness (QED) is 0.185. The van der Waals surface area contributed by atoms with E-state index in [1.54, 1.807) is 6.33 Å². The number of thiophene rings is 1. The average molecular weight is 657 g/mol. The van der Waals surface area contributed by atoms with Gasteiger partial charge in [0.2, 0.25) is 0 Å². The summed E-state index contributed by atoms with van der Waals surface area (Å²) in [5, 5.41) is 3.57. The maximum atomic E-state index is 6.28. The fraction of sp³-hybridized carbons (Fsp3) is 0. The van der Waals surface area contributed by atoms with Gasteiger partial charge in [-0.2, -0.15) is 0 Å². The predicted molar refractivity (Wildman–Crippen MR) is 209 cm³/mol. The zero-order valence-electron chi connectivity index (χ0n) is 26.9. The standard InChI is InChI=1S/C46H28N2OS/c1-3-11-29(12-4-1)33-21-22-42-39(25-33)40-27-36(30-13-5-2-6-14-30)26-38(46(40)50-42)34-17-9-15-31(23-34)32-16-10-18-35(24-32)43-45-44(48-28-47-43)37-19-7-8-20-41(37)49-45/h1-28H. The minimum absolute atomic E-state index is 0.708. The van der Waals surface area contributed by atoms with Crippen molar-refractivity contribution in [1.29, 1.82) is 0 Å². The van der Waals surface area contributed by atoms with Crippen molar-refractivity contribution in [3.63, 3.8) is 0 Å². The normalized spacial score (nSPS) is 11.6. The van der Waals surface area contributed by atoms with E-state index in [1.165, 1.54) is 53.6 Å². The van der Waals surface area contributed by atoms with Gasteiger partial charge in [0, 0.05) is 36.7 Å². The zero-order valence-corrected chi connectivity index (χ0v) is 27.7. The van der Waals surface area contributed by atoms with Crippen LogP contribution in [0.15, 0.2) is 175 Å². The van der Waals surface area contributed by atoms with Crippen LogP contribution in [0.2, 0.25) is 0 Å². The van der Waals surface area contributed by atoms with Crippen LogP contribution in [0, 0.1) is 0 Å². The first-order valence-electron chi connectivity index (χ1n) is 16.7. The Kier molecular flexibility index (Phi) is 6.68. The molecule has 234 valence electrons. The van der Waals surface area contributed by atoms with Crippen LogP contribution in [0.5, 0.6) is 0 Å². The van der Waals surface area contributed by atoms with Gasteiger partial charge in [-0.25, -0.2) is 9.97 Å². The Balaban J connectivity index is 1.13. The van der Waals surface area contributed by atoms with Crippen LogP contribution in [0.25, 0.3) is 98.0 Å². The molecule has 3 heterocycles. The second-order valence-electron chi connectivity index (χ2n) is 12.6. The Bertz CT molecular complexity index is 2870. The first kappa shape index (κ1) is 28.6. The van der Waals surface area contributed by atoms with E-state index >= 15 is 0 Å². The summed E-state index contributed by atoms with van der Waals surface area (Å²) in [6.07, 6.45) is 1.63. The molecule has 0 amide bonds. The van der Waals surface area contributed by atoms with E-state index in [4.69, 9.17) is 4.42 Å². The third-order valence-corrected chi connectivity index (χ3v) is 10.8. The fourth-order valence-electron chi connectivity index (χ4n) is 7.14. The van der Waals surface area contributed by atoms with Gasteiger partial charge < -0.3 is 4.42 Å². The molecule has 0 aliphatic rings. The number of para-hydroxylation sites is 1. The Labute approximate surface area is 292 Å². The lowest BCUT2D eigenvalue weighted by Gasteiger charge is -2.11. The monoisotopic (exact) mass is 656 g/mol. The maximum absolute atomic E-state index is 6.28. The van der Waals surface area contributed by atoms with Gasteiger partial charge in [-0.1, -0.05) is 115 Å². The van der Waals surface area contributed by atoms with Crippen molar-refractivity contribution in [3.05, 3.63) is 170 Å². The van der Waals surface area contributed by atoms with E-state index in [-0.39, 0.29) is 0 Å². The second-order valence-corrected chi connectivity index (χ2v) is 13.7. The topological polar surface area (TPSA) is 38.9 Å². The number of benzene rings is 7. The van der Waals surface area contributed by atoms with Crippen molar-refractivity contribution in [2.45, 2.75) is 0 Å². The van der Waals surface area contributed by atoms with Crippen molar-refractivity contribution in [1.82, 2.24) is 9.97 Å². The Morgan fingerprint density at radius 3 is 1.84 bits per heavy atom. The van der Waals surface area contributed by atoms with E-state index in [9.17, 15) is 0 Å². The number of nitrogens with zero attached hydrogens (tertiary/aromatic N) is 2. The van der Waals surface area contributed by atoms with Crippen molar-refractivity contribution in [3.8, 4) is 55.8 Å². The van der Waals surface area contributed by atoms with Gasteiger partial charge >= 0.3 is 0 Å². The van der Waals surface area contributed by atoms with E-state index in [2.05, 4.69) is 149 Å². The molecule has 0 unspecified atom stereocenters. The molecule has 10 rings (SSSR count). The van der Waals surface area contributed by atoms with Gasteiger partial charge in [0.15, 0.2) is 5.58 Å². The second kappa shape index (κ2) is 11.7. The summed E-state index contributed by atoms with van der Waals surface area (Å²) in [6.45, 7) is 0. The maximum Gasteiger partial charge on any atom is 0.180 e. The lowest BCUT2D eigenvalue weighted by Crippen LogP contribution is -1.88. The summed E-state index contributed by atoms with van der Waals surface area (Å²) in [6, 6.07) is 58.4. The molecule has 0 N–H and O–H groups in total. The molecule has 7 aromatic carbocycles. The third kappa shape index (κ3) is 4.80. The van der Waals surface area contributed by atoms with Gasteiger partial charge in [-0.15, -0.1) is 11.3 Å². The van der Waals surface area contributed by atoms with Crippen LogP contribution in [0.3, 0.4) is 0 Å². The van der Waals surface area contributed by atoms with Crippen molar-refractivity contribution < 1.29 is 4.42 Å². The molecular formula is C46H28N2OS. The van der Waals surface area contributed by atoms with Crippen LogP contribution >= 0.6 is 11.3 Å². The molecule has 10 aromatic rings. The van der Waals surface area contributed by atoms with E-state index in [0.717, 1.165) is 38.9 Å². The highest BCUT2D eigenvalue weighted by Crippen LogP contribution is 2.44. The molecule has 0 bridgehead atoms. The molecule has 50 heavy (non-hydrogen) atoms. The molecule has 3 nitrogen and oxygen atoms in total. The van der Waals surface area contributed by atoms with Crippen molar-refractivity contribution >= 4 is 53.6 Å². The minimum Gasteiger partial charge on any atom is -0.452 e. The Hall–Kier alpha value is -6.36. The molecule has 0 saturated heterocycles.